The maximum atomic E-state index is 10.9. The first-order valence-electron chi connectivity index (χ1n) is 3.79. The molecular formula is C9H8N2O2S. The Bertz CT molecular complexity index is 386. The number of amides is 1. The molecule has 1 amide bonds. The van der Waals surface area contributed by atoms with Crippen LogP contribution in [-0.2, 0) is 4.74 Å². The highest BCUT2D eigenvalue weighted by molar-refractivity contribution is 7.78. The van der Waals surface area contributed by atoms with Crippen LogP contribution in [0, 0.1) is 0 Å². The maximum Gasteiger partial charge on any atom is 0.411 e. The number of carbonyl (C=O) groups is 1. The monoisotopic (exact) mass is 208 g/mol. The van der Waals surface area contributed by atoms with Gasteiger partial charge < -0.3 is 4.74 Å². The van der Waals surface area contributed by atoms with Gasteiger partial charge in [0.25, 0.3) is 0 Å². The predicted molar refractivity (Wildman–Crippen MR) is 57.2 cm³/mol. The normalized spacial score (nSPS) is 8.64. The molecule has 0 bridgehead atoms. The molecule has 1 N–H and O–H groups in total. The van der Waals surface area contributed by atoms with Gasteiger partial charge in [0.15, 0.2) is 0 Å². The predicted octanol–water partition coefficient (Wildman–Crippen LogP) is 2.60. The number of ether oxygens (including phenoxy) is 1. The summed E-state index contributed by atoms with van der Waals surface area (Å²) in [5.74, 6) is 0. The highest BCUT2D eigenvalue weighted by Crippen LogP contribution is 2.17. The number of rotatable bonds is 2. The first-order valence-corrected chi connectivity index (χ1v) is 4.20. The Morgan fingerprint density at radius 1 is 1.64 bits per heavy atom. The fourth-order valence-electron chi connectivity index (χ4n) is 0.875. The third-order valence-corrected chi connectivity index (χ3v) is 1.54. The van der Waals surface area contributed by atoms with Crippen molar-refractivity contribution in [1.29, 1.82) is 0 Å². The summed E-state index contributed by atoms with van der Waals surface area (Å²) >= 11 is 4.46. The summed E-state index contributed by atoms with van der Waals surface area (Å²) in [5.41, 5.74) is 1.23. The highest BCUT2D eigenvalue weighted by Gasteiger charge is 1.99. The van der Waals surface area contributed by atoms with Gasteiger partial charge in [0.1, 0.15) is 0 Å². The number of carbonyl (C=O) groups excluding carboxylic acids is 1. The van der Waals surface area contributed by atoms with Crippen LogP contribution >= 0.6 is 12.2 Å². The van der Waals surface area contributed by atoms with E-state index in [1.54, 1.807) is 24.3 Å². The number of hydrogen-bond donors (Lipinski definition) is 1. The zero-order chi connectivity index (χ0) is 10.4. The van der Waals surface area contributed by atoms with E-state index in [1.807, 2.05) is 0 Å². The molecule has 0 aliphatic heterocycles. The van der Waals surface area contributed by atoms with Crippen LogP contribution in [0.5, 0.6) is 0 Å². The third kappa shape index (κ3) is 2.97. The van der Waals surface area contributed by atoms with E-state index < -0.39 is 6.09 Å². The number of isothiocyanates is 1. The minimum Gasteiger partial charge on any atom is -0.453 e. The Balaban J connectivity index is 2.83. The molecule has 4 nitrogen and oxygen atoms in total. The molecule has 5 heteroatoms. The number of benzene rings is 1. The molecule has 1 rings (SSSR count). The number of hydrogen-bond acceptors (Lipinski definition) is 4. The first-order chi connectivity index (χ1) is 6.76. The lowest BCUT2D eigenvalue weighted by Crippen LogP contribution is -2.10. The average Bonchev–Trinajstić information content (AvgIpc) is 2.19. The van der Waals surface area contributed by atoms with Crippen LogP contribution in [0.4, 0.5) is 16.2 Å². The lowest BCUT2D eigenvalue weighted by molar-refractivity contribution is 0.187. The molecule has 1 aromatic rings. The Hall–Kier alpha value is -1.71. The van der Waals surface area contributed by atoms with Crippen LogP contribution in [0.15, 0.2) is 29.3 Å². The van der Waals surface area contributed by atoms with Crippen LogP contribution in [0.1, 0.15) is 0 Å². The summed E-state index contributed by atoms with van der Waals surface area (Å²) in [5, 5.41) is 4.75. The van der Waals surface area contributed by atoms with Crippen LogP contribution in [0.3, 0.4) is 0 Å². The second kappa shape index (κ2) is 5.11. The van der Waals surface area contributed by atoms with Crippen LogP contribution < -0.4 is 5.32 Å². The minimum atomic E-state index is -0.520. The molecule has 0 heterocycles. The molecule has 1 aromatic carbocycles. The summed E-state index contributed by atoms with van der Waals surface area (Å²) in [4.78, 5) is 14.6. The van der Waals surface area contributed by atoms with Gasteiger partial charge in [0.05, 0.1) is 18.0 Å². The fourth-order valence-corrected chi connectivity index (χ4v) is 0.980. The summed E-state index contributed by atoms with van der Waals surface area (Å²) in [6.07, 6.45) is -0.520. The maximum absolute atomic E-state index is 10.9. The van der Waals surface area contributed by atoms with Crippen molar-refractivity contribution in [2.24, 2.45) is 4.99 Å². The van der Waals surface area contributed by atoms with E-state index in [9.17, 15) is 4.79 Å². The van der Waals surface area contributed by atoms with Gasteiger partial charge in [-0.15, -0.1) is 0 Å². The molecule has 0 radical (unpaired) electrons. The van der Waals surface area contributed by atoms with E-state index in [0.717, 1.165) is 0 Å². The van der Waals surface area contributed by atoms with Crippen molar-refractivity contribution >= 4 is 34.8 Å². The largest absolute Gasteiger partial charge is 0.453 e. The smallest absolute Gasteiger partial charge is 0.411 e. The molecule has 0 aliphatic rings. The molecular weight excluding hydrogens is 200 g/mol. The molecule has 0 fully saturated rings. The number of aliphatic imine (C=N–C) groups is 1. The van der Waals surface area contributed by atoms with Crippen molar-refractivity contribution in [1.82, 2.24) is 0 Å². The first kappa shape index (κ1) is 10.4. The van der Waals surface area contributed by atoms with Crippen molar-refractivity contribution in [2.75, 3.05) is 12.4 Å². The SMILES string of the molecule is COC(=O)Nc1cccc(N=C=S)c1. The molecule has 0 aromatic heterocycles. The molecule has 14 heavy (non-hydrogen) atoms. The van der Waals surface area contributed by atoms with Gasteiger partial charge in [0.2, 0.25) is 0 Å². The number of anilines is 1. The van der Waals surface area contributed by atoms with E-state index in [0.29, 0.717) is 11.4 Å². The van der Waals surface area contributed by atoms with Gasteiger partial charge >= 0.3 is 6.09 Å². The van der Waals surface area contributed by atoms with Gasteiger partial charge in [-0.3, -0.25) is 5.32 Å². The summed E-state index contributed by atoms with van der Waals surface area (Å²) in [7, 11) is 1.30. The molecule has 72 valence electrons. The van der Waals surface area contributed by atoms with E-state index in [4.69, 9.17) is 0 Å². The molecule has 0 aliphatic carbocycles. The van der Waals surface area contributed by atoms with Crippen LogP contribution in [0.25, 0.3) is 0 Å². The van der Waals surface area contributed by atoms with Gasteiger partial charge in [-0.25, -0.2) is 4.79 Å². The van der Waals surface area contributed by atoms with Gasteiger partial charge in [0, 0.05) is 5.69 Å². The molecule has 0 saturated carbocycles. The third-order valence-electron chi connectivity index (χ3n) is 1.45. The van der Waals surface area contributed by atoms with E-state index in [-0.39, 0.29) is 0 Å². The summed E-state index contributed by atoms with van der Waals surface area (Å²) in [6.45, 7) is 0. The van der Waals surface area contributed by atoms with E-state index >= 15 is 0 Å². The topological polar surface area (TPSA) is 50.7 Å². The number of nitrogens with zero attached hydrogens (tertiary/aromatic N) is 1. The molecule has 0 unspecified atom stereocenters. The highest BCUT2D eigenvalue weighted by atomic mass is 32.1. The van der Waals surface area contributed by atoms with Gasteiger partial charge in [-0.1, -0.05) is 6.07 Å². The Morgan fingerprint density at radius 3 is 3.07 bits per heavy atom. The van der Waals surface area contributed by atoms with Gasteiger partial charge in [-0.2, -0.15) is 4.99 Å². The zero-order valence-electron chi connectivity index (χ0n) is 7.48. The van der Waals surface area contributed by atoms with E-state index in [2.05, 4.69) is 32.4 Å². The van der Waals surface area contributed by atoms with Crippen LogP contribution in [0.2, 0.25) is 0 Å². The Kier molecular flexibility index (Phi) is 3.79. The summed E-state index contributed by atoms with van der Waals surface area (Å²) in [6, 6.07) is 6.88. The minimum absolute atomic E-state index is 0.520. The Morgan fingerprint density at radius 2 is 2.43 bits per heavy atom. The second-order valence-electron chi connectivity index (χ2n) is 2.37. The fraction of sp³-hybridized carbons (Fsp3) is 0.111. The molecule has 0 saturated heterocycles. The number of methoxy groups -OCH3 is 1. The van der Waals surface area contributed by atoms with Crippen molar-refractivity contribution in [2.45, 2.75) is 0 Å². The zero-order valence-corrected chi connectivity index (χ0v) is 8.30. The Labute approximate surface area is 86.6 Å². The van der Waals surface area contributed by atoms with Crippen LogP contribution in [-0.4, -0.2) is 18.4 Å². The molecule has 0 spiro atoms. The van der Waals surface area contributed by atoms with E-state index in [1.165, 1.54) is 7.11 Å². The summed E-state index contributed by atoms with van der Waals surface area (Å²) < 4.78 is 4.44. The molecule has 0 atom stereocenters. The van der Waals surface area contributed by atoms with Crippen molar-refractivity contribution in [3.8, 4) is 0 Å². The lowest BCUT2D eigenvalue weighted by Gasteiger charge is -2.02. The van der Waals surface area contributed by atoms with Crippen molar-refractivity contribution < 1.29 is 9.53 Å². The quantitative estimate of drug-likeness (QED) is 0.600. The average molecular weight is 208 g/mol. The second-order valence-corrected chi connectivity index (χ2v) is 2.55. The standard InChI is InChI=1S/C9H8N2O2S/c1-13-9(12)11-8-4-2-3-7(5-8)10-6-14/h2-5H,1H3,(H,11,12). The lowest BCUT2D eigenvalue weighted by atomic mass is 10.3. The number of thiocarbonyl (C=S) groups is 1. The van der Waals surface area contributed by atoms with Crippen molar-refractivity contribution in [3.05, 3.63) is 24.3 Å². The van der Waals surface area contributed by atoms with Gasteiger partial charge in [-0.05, 0) is 30.4 Å². The van der Waals surface area contributed by atoms with Crippen molar-refractivity contribution in [3.63, 3.8) is 0 Å². The number of nitrogens with one attached hydrogen (secondary N) is 1.